The predicted molar refractivity (Wildman–Crippen MR) is 75.2 cm³/mol. The molecule has 0 saturated carbocycles. The Labute approximate surface area is 121 Å². The maximum atomic E-state index is 11.2. The molecule has 0 fully saturated rings. The Kier molecular flexibility index (Phi) is 4.20. The smallest absolute Gasteiger partial charge is 0.333 e. The number of anilines is 1. The number of hydrogen-bond donors (Lipinski definition) is 1. The first kappa shape index (κ1) is 14.9. The van der Waals surface area contributed by atoms with Gasteiger partial charge in [-0.3, -0.25) is 10.1 Å². The molecule has 0 unspecified atom stereocenters. The summed E-state index contributed by atoms with van der Waals surface area (Å²) in [6.45, 7) is 7.64. The van der Waals surface area contributed by atoms with Crippen LogP contribution in [0.25, 0.3) is 0 Å². The fourth-order valence-corrected chi connectivity index (χ4v) is 2.03. The number of nitrogens with zero attached hydrogens (tertiary/aromatic N) is 5. The fraction of sp³-hybridized carbons (Fsp3) is 0.583. The highest BCUT2D eigenvalue weighted by Gasteiger charge is 2.26. The zero-order valence-electron chi connectivity index (χ0n) is 12.5. The van der Waals surface area contributed by atoms with E-state index in [4.69, 9.17) is 4.52 Å². The number of nitro groups is 1. The van der Waals surface area contributed by atoms with Crippen LogP contribution >= 0.6 is 0 Å². The van der Waals surface area contributed by atoms with Crippen molar-refractivity contribution in [1.29, 1.82) is 0 Å². The van der Waals surface area contributed by atoms with Crippen LogP contribution in [0.4, 0.5) is 11.5 Å². The van der Waals surface area contributed by atoms with Crippen LogP contribution in [0.2, 0.25) is 0 Å². The van der Waals surface area contributed by atoms with Crippen molar-refractivity contribution in [3.8, 4) is 0 Å². The molecule has 9 nitrogen and oxygen atoms in total. The maximum absolute atomic E-state index is 11.2. The van der Waals surface area contributed by atoms with Crippen LogP contribution in [0.1, 0.15) is 37.3 Å². The van der Waals surface area contributed by atoms with Gasteiger partial charge in [0.15, 0.2) is 5.82 Å². The minimum atomic E-state index is -0.415. The first-order valence-electron chi connectivity index (χ1n) is 6.66. The fourth-order valence-electron chi connectivity index (χ4n) is 2.03. The lowest BCUT2D eigenvalue weighted by atomic mass is 10.3. The molecule has 2 rings (SSSR count). The highest BCUT2D eigenvalue weighted by molar-refractivity contribution is 5.59. The standard InChI is InChI=1S/C12H18N6O3/c1-7(2)17-12(11(18(19)20)8(3)15-17)13-6-5-10-14-9(4)21-16-10/h7,13H,5-6H2,1-4H3. The van der Waals surface area contributed by atoms with Gasteiger partial charge in [0.2, 0.25) is 11.7 Å². The molecule has 0 bridgehead atoms. The van der Waals surface area contributed by atoms with E-state index in [0.717, 1.165) is 0 Å². The van der Waals surface area contributed by atoms with Crippen molar-refractivity contribution < 1.29 is 9.45 Å². The third-order valence-corrected chi connectivity index (χ3v) is 2.94. The molecule has 0 aliphatic carbocycles. The van der Waals surface area contributed by atoms with Gasteiger partial charge in [-0.05, 0) is 20.8 Å². The molecule has 0 spiro atoms. The van der Waals surface area contributed by atoms with Crippen LogP contribution in [0.5, 0.6) is 0 Å². The highest BCUT2D eigenvalue weighted by Crippen LogP contribution is 2.30. The maximum Gasteiger partial charge on any atom is 0.333 e. The first-order valence-corrected chi connectivity index (χ1v) is 6.66. The molecular weight excluding hydrogens is 276 g/mol. The zero-order chi connectivity index (χ0) is 15.6. The molecule has 2 aromatic heterocycles. The van der Waals surface area contributed by atoms with Gasteiger partial charge in [0, 0.05) is 25.9 Å². The summed E-state index contributed by atoms with van der Waals surface area (Å²) in [7, 11) is 0. The highest BCUT2D eigenvalue weighted by atomic mass is 16.6. The van der Waals surface area contributed by atoms with Gasteiger partial charge in [0.05, 0.1) is 4.92 Å². The van der Waals surface area contributed by atoms with Crippen LogP contribution in [0.3, 0.4) is 0 Å². The van der Waals surface area contributed by atoms with Gasteiger partial charge in [-0.2, -0.15) is 10.1 Å². The van der Waals surface area contributed by atoms with E-state index >= 15 is 0 Å². The number of aryl methyl sites for hydroxylation is 2. The Morgan fingerprint density at radius 2 is 2.14 bits per heavy atom. The minimum absolute atomic E-state index is 0.00740. The van der Waals surface area contributed by atoms with Crippen LogP contribution in [-0.2, 0) is 6.42 Å². The number of rotatable bonds is 6. The van der Waals surface area contributed by atoms with Crippen LogP contribution < -0.4 is 5.32 Å². The third-order valence-electron chi connectivity index (χ3n) is 2.94. The molecule has 1 N–H and O–H groups in total. The largest absolute Gasteiger partial charge is 0.364 e. The van der Waals surface area contributed by atoms with Crippen LogP contribution in [-0.4, -0.2) is 31.4 Å². The van der Waals surface area contributed by atoms with E-state index in [-0.39, 0.29) is 11.7 Å². The van der Waals surface area contributed by atoms with Gasteiger partial charge in [-0.15, -0.1) is 0 Å². The van der Waals surface area contributed by atoms with E-state index in [1.165, 1.54) is 0 Å². The Bertz CT molecular complexity index is 645. The Morgan fingerprint density at radius 3 is 2.67 bits per heavy atom. The van der Waals surface area contributed by atoms with E-state index in [0.29, 0.717) is 36.2 Å². The van der Waals surface area contributed by atoms with Gasteiger partial charge in [0.1, 0.15) is 5.69 Å². The second kappa shape index (κ2) is 5.90. The van der Waals surface area contributed by atoms with Gasteiger partial charge in [0.25, 0.3) is 0 Å². The molecule has 0 radical (unpaired) electrons. The number of aromatic nitrogens is 4. The average Bonchev–Trinajstić information content (AvgIpc) is 2.93. The van der Waals surface area contributed by atoms with Gasteiger partial charge in [-0.25, -0.2) is 4.68 Å². The molecule has 0 atom stereocenters. The van der Waals surface area contributed by atoms with Crippen LogP contribution in [0, 0.1) is 24.0 Å². The van der Waals surface area contributed by atoms with Crippen molar-refractivity contribution in [1.82, 2.24) is 19.9 Å². The van der Waals surface area contributed by atoms with Gasteiger partial charge in [-0.1, -0.05) is 5.16 Å². The molecule has 0 saturated heterocycles. The summed E-state index contributed by atoms with van der Waals surface area (Å²) in [5, 5.41) is 22.3. The molecule has 0 aliphatic heterocycles. The lowest BCUT2D eigenvalue weighted by Crippen LogP contribution is -2.13. The molecule has 0 aliphatic rings. The lowest BCUT2D eigenvalue weighted by molar-refractivity contribution is -0.384. The van der Waals surface area contributed by atoms with E-state index in [2.05, 4.69) is 20.6 Å². The topological polar surface area (TPSA) is 112 Å². The van der Waals surface area contributed by atoms with Crippen molar-refractivity contribution in [2.24, 2.45) is 0 Å². The quantitative estimate of drug-likeness (QED) is 0.640. The summed E-state index contributed by atoms with van der Waals surface area (Å²) >= 11 is 0. The SMILES string of the molecule is Cc1nc(CCNc2c([N+](=O)[O-])c(C)nn2C(C)C)no1. The Morgan fingerprint density at radius 1 is 1.43 bits per heavy atom. The Hall–Kier alpha value is -2.45. The van der Waals surface area contributed by atoms with Crippen molar-refractivity contribution in [3.63, 3.8) is 0 Å². The normalized spacial score (nSPS) is 11.1. The van der Waals surface area contributed by atoms with Gasteiger partial charge < -0.3 is 9.84 Å². The summed E-state index contributed by atoms with van der Waals surface area (Å²) in [6.07, 6.45) is 0.511. The molecule has 2 heterocycles. The molecule has 9 heteroatoms. The van der Waals surface area contributed by atoms with Crippen molar-refractivity contribution >= 4 is 11.5 Å². The number of nitrogens with one attached hydrogen (secondary N) is 1. The first-order chi connectivity index (χ1) is 9.90. The third kappa shape index (κ3) is 3.18. The Balaban J connectivity index is 2.15. The lowest BCUT2D eigenvalue weighted by Gasteiger charge is -2.11. The summed E-state index contributed by atoms with van der Waals surface area (Å²) in [6, 6.07) is 0.0207. The van der Waals surface area contributed by atoms with E-state index in [1.807, 2.05) is 13.8 Å². The summed E-state index contributed by atoms with van der Waals surface area (Å²) < 4.78 is 6.50. The van der Waals surface area contributed by atoms with E-state index in [9.17, 15) is 10.1 Å². The second-order valence-corrected chi connectivity index (χ2v) is 4.98. The number of hydrogen-bond acceptors (Lipinski definition) is 7. The van der Waals surface area contributed by atoms with Crippen molar-refractivity contribution in [2.45, 2.75) is 40.2 Å². The molecule has 0 amide bonds. The molecule has 0 aromatic carbocycles. The summed E-state index contributed by atoms with van der Waals surface area (Å²) in [5.41, 5.74) is 0.402. The van der Waals surface area contributed by atoms with E-state index in [1.54, 1.807) is 18.5 Å². The monoisotopic (exact) mass is 294 g/mol. The molecule has 21 heavy (non-hydrogen) atoms. The van der Waals surface area contributed by atoms with Crippen molar-refractivity contribution in [3.05, 3.63) is 27.5 Å². The molecule has 114 valence electrons. The predicted octanol–water partition coefficient (Wildman–Crippen LogP) is 2.03. The summed E-state index contributed by atoms with van der Waals surface area (Å²) in [4.78, 5) is 14.9. The van der Waals surface area contributed by atoms with Crippen LogP contribution in [0.15, 0.2) is 4.52 Å². The van der Waals surface area contributed by atoms with E-state index < -0.39 is 4.92 Å². The average molecular weight is 294 g/mol. The van der Waals surface area contributed by atoms with Crippen molar-refractivity contribution in [2.75, 3.05) is 11.9 Å². The summed E-state index contributed by atoms with van der Waals surface area (Å²) in [5.74, 6) is 1.47. The second-order valence-electron chi connectivity index (χ2n) is 4.98. The minimum Gasteiger partial charge on any atom is -0.364 e. The molecular formula is C12H18N6O3. The zero-order valence-corrected chi connectivity index (χ0v) is 12.5. The van der Waals surface area contributed by atoms with Gasteiger partial charge >= 0.3 is 5.69 Å². The molecule has 2 aromatic rings.